The molecule has 5 rings (SSSR count). The molecule has 1 aromatic carbocycles. The van der Waals surface area contributed by atoms with Crippen molar-refractivity contribution in [1.82, 2.24) is 9.88 Å². The molecule has 140 valence electrons. The van der Waals surface area contributed by atoms with E-state index in [-0.39, 0.29) is 12.0 Å². The molecule has 1 aromatic heterocycles. The molecule has 6 nitrogen and oxygen atoms in total. The van der Waals surface area contributed by atoms with E-state index in [1.165, 1.54) is 5.56 Å². The van der Waals surface area contributed by atoms with Crippen LogP contribution in [0.3, 0.4) is 0 Å². The molecule has 3 aliphatic rings. The number of anilines is 2. The van der Waals surface area contributed by atoms with Crippen LogP contribution in [0, 0.1) is 0 Å². The Bertz CT molecular complexity index is 871. The number of para-hydroxylation sites is 1. The fourth-order valence-corrected chi connectivity index (χ4v) is 4.54. The average Bonchev–Trinajstić information content (AvgIpc) is 3.33. The maximum absolute atomic E-state index is 13.4. The molecule has 0 spiro atoms. The molecule has 4 heterocycles. The second-order valence-corrected chi connectivity index (χ2v) is 7.57. The zero-order valence-electron chi connectivity index (χ0n) is 15.5. The molecule has 0 bridgehead atoms. The molecule has 6 heteroatoms. The number of morpholine rings is 1. The number of rotatable bonds is 2. The Morgan fingerprint density at radius 2 is 2.04 bits per heavy atom. The van der Waals surface area contributed by atoms with Gasteiger partial charge in [0.05, 0.1) is 24.3 Å². The zero-order valence-corrected chi connectivity index (χ0v) is 15.5. The van der Waals surface area contributed by atoms with Crippen molar-refractivity contribution >= 4 is 17.4 Å². The number of carbonyl (C=O) groups excluding carboxylic acids is 1. The predicted molar refractivity (Wildman–Crippen MR) is 104 cm³/mol. The number of likely N-dealkylation sites (N-methyl/N-ethyl adjacent to an activating group) is 1. The number of benzene rings is 1. The van der Waals surface area contributed by atoms with Crippen molar-refractivity contribution in [2.24, 2.45) is 0 Å². The summed E-state index contributed by atoms with van der Waals surface area (Å²) in [7, 11) is 2.15. The number of fused-ring (bicyclic) bond motifs is 2. The maximum atomic E-state index is 13.4. The molecule has 2 atom stereocenters. The number of amides is 1. The average molecular weight is 364 g/mol. The summed E-state index contributed by atoms with van der Waals surface area (Å²) in [5, 5.41) is 0. The molecule has 3 aliphatic heterocycles. The van der Waals surface area contributed by atoms with Crippen LogP contribution in [0.4, 0.5) is 11.5 Å². The van der Waals surface area contributed by atoms with Crippen molar-refractivity contribution in [3.05, 3.63) is 53.7 Å². The van der Waals surface area contributed by atoms with Gasteiger partial charge in [-0.3, -0.25) is 9.69 Å². The first-order valence-electron chi connectivity index (χ1n) is 9.64. The highest BCUT2D eigenvalue weighted by atomic mass is 16.5. The highest BCUT2D eigenvalue weighted by Crippen LogP contribution is 2.32. The van der Waals surface area contributed by atoms with Gasteiger partial charge in [-0.25, -0.2) is 4.98 Å². The van der Waals surface area contributed by atoms with Gasteiger partial charge in [0, 0.05) is 38.1 Å². The van der Waals surface area contributed by atoms with Crippen molar-refractivity contribution in [2.45, 2.75) is 18.6 Å². The first-order chi connectivity index (χ1) is 13.2. The van der Waals surface area contributed by atoms with Crippen molar-refractivity contribution < 1.29 is 9.53 Å². The molecule has 2 unspecified atom stereocenters. The van der Waals surface area contributed by atoms with E-state index in [4.69, 9.17) is 4.74 Å². The number of nitrogens with zero attached hydrogens (tertiary/aromatic N) is 4. The standard InChI is InChI=1S/C21H24N4O2/c1-23-11-12-27-19-14-24(13-18(19)23)20-16(6-4-9-22-20)21(26)25-10-8-15-5-2-3-7-17(15)25/h2-7,9,18-19H,8,10-14H2,1H3. The monoisotopic (exact) mass is 364 g/mol. The summed E-state index contributed by atoms with van der Waals surface area (Å²) in [6.07, 6.45) is 2.86. The lowest BCUT2D eigenvalue weighted by molar-refractivity contribution is -0.0362. The molecular formula is C21H24N4O2. The number of carbonyl (C=O) groups is 1. The Hall–Kier alpha value is -2.44. The molecule has 2 fully saturated rings. The zero-order chi connectivity index (χ0) is 18.4. The van der Waals surface area contributed by atoms with Crippen molar-refractivity contribution in [1.29, 1.82) is 0 Å². The van der Waals surface area contributed by atoms with Gasteiger partial charge in [0.2, 0.25) is 0 Å². The van der Waals surface area contributed by atoms with Gasteiger partial charge in [0.25, 0.3) is 5.91 Å². The number of aromatic nitrogens is 1. The second-order valence-electron chi connectivity index (χ2n) is 7.57. The fourth-order valence-electron chi connectivity index (χ4n) is 4.54. The van der Waals surface area contributed by atoms with E-state index in [0.717, 1.165) is 50.7 Å². The van der Waals surface area contributed by atoms with E-state index in [2.05, 4.69) is 27.9 Å². The van der Waals surface area contributed by atoms with Crippen LogP contribution >= 0.6 is 0 Å². The summed E-state index contributed by atoms with van der Waals surface area (Å²) in [6.45, 7) is 4.07. The first kappa shape index (κ1) is 16.7. The largest absolute Gasteiger partial charge is 0.373 e. The van der Waals surface area contributed by atoms with Crippen LogP contribution in [0.5, 0.6) is 0 Å². The Morgan fingerprint density at radius 3 is 2.93 bits per heavy atom. The van der Waals surface area contributed by atoms with Crippen LogP contribution in [0.15, 0.2) is 42.6 Å². The summed E-state index contributed by atoms with van der Waals surface area (Å²) in [6, 6.07) is 12.3. The molecule has 0 saturated carbocycles. The van der Waals surface area contributed by atoms with Gasteiger partial charge in [0.1, 0.15) is 5.82 Å². The molecule has 0 aliphatic carbocycles. The van der Waals surface area contributed by atoms with E-state index in [1.54, 1.807) is 6.20 Å². The van der Waals surface area contributed by atoms with Crippen LogP contribution in [-0.2, 0) is 11.2 Å². The second kappa shape index (κ2) is 6.62. The summed E-state index contributed by atoms with van der Waals surface area (Å²) in [4.78, 5) is 24.4. The summed E-state index contributed by atoms with van der Waals surface area (Å²) < 4.78 is 5.96. The van der Waals surface area contributed by atoms with Gasteiger partial charge >= 0.3 is 0 Å². The van der Waals surface area contributed by atoms with E-state index in [1.807, 2.05) is 35.2 Å². The van der Waals surface area contributed by atoms with Gasteiger partial charge in [-0.15, -0.1) is 0 Å². The van der Waals surface area contributed by atoms with Crippen LogP contribution in [-0.4, -0.2) is 67.8 Å². The SMILES string of the molecule is CN1CCOC2CN(c3ncccc3C(=O)N3CCc4ccccc43)CC21. The topological polar surface area (TPSA) is 48.9 Å². The van der Waals surface area contributed by atoms with Gasteiger partial charge in [-0.2, -0.15) is 0 Å². The molecule has 2 saturated heterocycles. The highest BCUT2D eigenvalue weighted by Gasteiger charge is 2.40. The molecule has 0 radical (unpaired) electrons. The number of pyridine rings is 1. The van der Waals surface area contributed by atoms with Gasteiger partial charge in [-0.1, -0.05) is 18.2 Å². The van der Waals surface area contributed by atoms with E-state index in [9.17, 15) is 4.79 Å². The third kappa shape index (κ3) is 2.80. The lowest BCUT2D eigenvalue weighted by Gasteiger charge is -2.33. The minimum atomic E-state index is 0.0344. The number of hydrogen-bond donors (Lipinski definition) is 0. The molecular weight excluding hydrogens is 340 g/mol. The third-order valence-corrected chi connectivity index (χ3v) is 6.03. The summed E-state index contributed by atoms with van der Waals surface area (Å²) in [5.74, 6) is 0.811. The lowest BCUT2D eigenvalue weighted by atomic mass is 10.1. The molecule has 27 heavy (non-hydrogen) atoms. The summed E-state index contributed by atoms with van der Waals surface area (Å²) in [5.41, 5.74) is 2.93. The highest BCUT2D eigenvalue weighted by molar-refractivity contribution is 6.10. The van der Waals surface area contributed by atoms with E-state index >= 15 is 0 Å². The minimum Gasteiger partial charge on any atom is -0.373 e. The normalized spacial score (nSPS) is 24.8. The van der Waals surface area contributed by atoms with Crippen LogP contribution in [0.1, 0.15) is 15.9 Å². The Kier molecular flexibility index (Phi) is 4.10. The first-order valence-corrected chi connectivity index (χ1v) is 9.64. The smallest absolute Gasteiger partial charge is 0.262 e. The van der Waals surface area contributed by atoms with E-state index < -0.39 is 0 Å². The maximum Gasteiger partial charge on any atom is 0.262 e. The van der Waals surface area contributed by atoms with Gasteiger partial charge < -0.3 is 14.5 Å². The molecule has 0 N–H and O–H groups in total. The Labute approximate surface area is 159 Å². The third-order valence-electron chi connectivity index (χ3n) is 6.03. The molecule has 2 aromatic rings. The fraction of sp³-hybridized carbons (Fsp3) is 0.429. The number of ether oxygens (including phenoxy) is 1. The van der Waals surface area contributed by atoms with Crippen LogP contribution < -0.4 is 9.80 Å². The lowest BCUT2D eigenvalue weighted by Crippen LogP contribution is -2.48. The predicted octanol–water partition coefficient (Wildman–Crippen LogP) is 1.80. The van der Waals surface area contributed by atoms with Gasteiger partial charge in [0.15, 0.2) is 0 Å². The summed E-state index contributed by atoms with van der Waals surface area (Å²) >= 11 is 0. The van der Waals surface area contributed by atoms with Crippen molar-refractivity contribution in [2.75, 3.05) is 49.6 Å². The Balaban J connectivity index is 1.45. The van der Waals surface area contributed by atoms with Crippen LogP contribution in [0.2, 0.25) is 0 Å². The van der Waals surface area contributed by atoms with Crippen LogP contribution in [0.25, 0.3) is 0 Å². The van der Waals surface area contributed by atoms with E-state index in [0.29, 0.717) is 11.6 Å². The number of hydrogen-bond acceptors (Lipinski definition) is 5. The Morgan fingerprint density at radius 1 is 1.15 bits per heavy atom. The molecule has 1 amide bonds. The van der Waals surface area contributed by atoms with Gasteiger partial charge in [-0.05, 0) is 37.2 Å². The van der Waals surface area contributed by atoms with Crippen molar-refractivity contribution in [3.8, 4) is 0 Å². The van der Waals surface area contributed by atoms with Crippen molar-refractivity contribution in [3.63, 3.8) is 0 Å². The quantitative estimate of drug-likeness (QED) is 0.813. The minimum absolute atomic E-state index is 0.0344.